The summed E-state index contributed by atoms with van der Waals surface area (Å²) in [7, 11) is 0. The summed E-state index contributed by atoms with van der Waals surface area (Å²) in [6, 6.07) is 8.26. The van der Waals surface area contributed by atoms with Crippen molar-refractivity contribution in [3.05, 3.63) is 42.0 Å². The minimum Gasteiger partial charge on any atom is -0.490 e. The van der Waals surface area contributed by atoms with E-state index < -0.39 is 0 Å². The smallest absolute Gasteiger partial charge is 0.122 e. The summed E-state index contributed by atoms with van der Waals surface area (Å²) >= 11 is 0. The average molecular weight is 246 g/mol. The third-order valence-corrected chi connectivity index (χ3v) is 3.03. The predicted molar refractivity (Wildman–Crippen MR) is 74.0 cm³/mol. The molecule has 1 fully saturated rings. The second-order valence-corrected chi connectivity index (χ2v) is 4.69. The van der Waals surface area contributed by atoms with Gasteiger partial charge in [-0.1, -0.05) is 50.1 Å². The van der Waals surface area contributed by atoms with Crippen molar-refractivity contribution in [2.75, 3.05) is 13.2 Å². The fourth-order valence-corrected chi connectivity index (χ4v) is 1.81. The molecule has 0 saturated carbocycles. The van der Waals surface area contributed by atoms with Crippen LogP contribution in [0.25, 0.3) is 0 Å². The lowest BCUT2D eigenvalue weighted by Crippen LogP contribution is -2.05. The molecule has 2 nitrogen and oxygen atoms in total. The van der Waals surface area contributed by atoms with Crippen molar-refractivity contribution < 1.29 is 9.47 Å². The van der Waals surface area contributed by atoms with Gasteiger partial charge in [0.05, 0.1) is 6.61 Å². The van der Waals surface area contributed by atoms with Gasteiger partial charge >= 0.3 is 0 Å². The van der Waals surface area contributed by atoms with Gasteiger partial charge in [-0.25, -0.2) is 0 Å². The maximum Gasteiger partial charge on any atom is 0.122 e. The van der Waals surface area contributed by atoms with Crippen LogP contribution in [0.15, 0.2) is 36.4 Å². The number of unbranched alkanes of at least 4 members (excludes halogenated alkanes) is 2. The molecule has 0 aliphatic carbocycles. The molecule has 0 bridgehead atoms. The molecule has 2 rings (SSSR count). The number of rotatable bonds is 8. The van der Waals surface area contributed by atoms with Crippen LogP contribution in [-0.4, -0.2) is 19.3 Å². The maximum atomic E-state index is 5.78. The molecule has 98 valence electrons. The molecule has 0 amide bonds. The molecule has 1 unspecified atom stereocenters. The van der Waals surface area contributed by atoms with Crippen molar-refractivity contribution in [1.29, 1.82) is 0 Å². The molecule has 1 aromatic rings. The Labute approximate surface area is 110 Å². The second-order valence-electron chi connectivity index (χ2n) is 4.69. The van der Waals surface area contributed by atoms with Crippen molar-refractivity contribution in [3.8, 4) is 5.75 Å². The fraction of sp³-hybridized carbons (Fsp3) is 0.500. The number of ether oxygens (including phenoxy) is 2. The molecule has 0 spiro atoms. The summed E-state index contributed by atoms with van der Waals surface area (Å²) in [5.74, 6) is 0.994. The lowest BCUT2D eigenvalue weighted by atomic mass is 10.1. The number of para-hydroxylation sites is 1. The van der Waals surface area contributed by atoms with E-state index in [2.05, 4.69) is 31.2 Å². The zero-order chi connectivity index (χ0) is 12.6. The third kappa shape index (κ3) is 4.53. The number of benzene rings is 1. The number of allylic oxidation sites excluding steroid dienone is 2. The van der Waals surface area contributed by atoms with E-state index in [-0.39, 0.29) is 0 Å². The van der Waals surface area contributed by atoms with E-state index in [0.29, 0.717) is 12.7 Å². The van der Waals surface area contributed by atoms with Gasteiger partial charge in [0.1, 0.15) is 18.5 Å². The molecule has 1 aromatic carbocycles. The molecule has 0 N–H and O–H groups in total. The van der Waals surface area contributed by atoms with Crippen LogP contribution in [0.3, 0.4) is 0 Å². The van der Waals surface area contributed by atoms with Crippen molar-refractivity contribution >= 4 is 0 Å². The van der Waals surface area contributed by atoms with E-state index in [4.69, 9.17) is 9.47 Å². The van der Waals surface area contributed by atoms with Crippen molar-refractivity contribution in [1.82, 2.24) is 0 Å². The Kier molecular flexibility index (Phi) is 5.28. The number of hydrogen-bond acceptors (Lipinski definition) is 2. The highest BCUT2D eigenvalue weighted by molar-refractivity contribution is 5.34. The Bertz CT molecular complexity index is 380. The van der Waals surface area contributed by atoms with Crippen molar-refractivity contribution in [3.63, 3.8) is 0 Å². The van der Waals surface area contributed by atoms with E-state index in [9.17, 15) is 0 Å². The SMILES string of the molecule is CCCC/C=C/Cc1ccccc1OCC1CO1. The highest BCUT2D eigenvalue weighted by atomic mass is 16.6. The van der Waals surface area contributed by atoms with Crippen LogP contribution in [0.4, 0.5) is 0 Å². The first-order valence-corrected chi connectivity index (χ1v) is 6.87. The molecule has 2 heteroatoms. The standard InChI is InChI=1S/C16H22O2/c1-2-3-4-5-6-9-14-10-7-8-11-16(14)18-13-15-12-17-15/h5-8,10-11,15H,2-4,9,12-13H2,1H3/b6-5+. The van der Waals surface area contributed by atoms with E-state index in [0.717, 1.165) is 18.8 Å². The minimum absolute atomic E-state index is 0.318. The molecular weight excluding hydrogens is 224 g/mol. The molecule has 1 aliphatic heterocycles. The van der Waals surface area contributed by atoms with Crippen LogP contribution < -0.4 is 4.74 Å². The van der Waals surface area contributed by atoms with E-state index >= 15 is 0 Å². The van der Waals surface area contributed by atoms with Gasteiger partial charge in [-0.2, -0.15) is 0 Å². The van der Waals surface area contributed by atoms with Crippen LogP contribution in [0.5, 0.6) is 5.75 Å². The summed E-state index contributed by atoms with van der Waals surface area (Å²) in [5, 5.41) is 0. The molecule has 1 saturated heterocycles. The van der Waals surface area contributed by atoms with Crippen molar-refractivity contribution in [2.45, 2.75) is 38.7 Å². The summed E-state index contributed by atoms with van der Waals surface area (Å²) in [4.78, 5) is 0. The molecule has 18 heavy (non-hydrogen) atoms. The summed E-state index contributed by atoms with van der Waals surface area (Å²) in [5.41, 5.74) is 1.26. The van der Waals surface area contributed by atoms with Crippen LogP contribution in [0, 0.1) is 0 Å². The first-order chi connectivity index (χ1) is 8.90. The molecule has 1 aliphatic rings. The van der Waals surface area contributed by atoms with Gasteiger partial charge in [0.2, 0.25) is 0 Å². The van der Waals surface area contributed by atoms with Gasteiger partial charge in [0, 0.05) is 0 Å². The highest BCUT2D eigenvalue weighted by Gasteiger charge is 2.23. The van der Waals surface area contributed by atoms with Crippen LogP contribution in [-0.2, 0) is 11.2 Å². The van der Waals surface area contributed by atoms with Crippen LogP contribution in [0.2, 0.25) is 0 Å². The minimum atomic E-state index is 0.318. The van der Waals surface area contributed by atoms with Gasteiger partial charge in [0.15, 0.2) is 0 Å². The highest BCUT2D eigenvalue weighted by Crippen LogP contribution is 2.21. The zero-order valence-corrected chi connectivity index (χ0v) is 11.1. The molecule has 1 atom stereocenters. The second kappa shape index (κ2) is 7.22. The Morgan fingerprint density at radius 2 is 2.17 bits per heavy atom. The van der Waals surface area contributed by atoms with Gasteiger partial charge in [-0.15, -0.1) is 0 Å². The Morgan fingerprint density at radius 3 is 2.94 bits per heavy atom. The van der Waals surface area contributed by atoms with Gasteiger partial charge in [-0.05, 0) is 24.5 Å². The molecule has 0 radical (unpaired) electrons. The Hall–Kier alpha value is -1.28. The summed E-state index contributed by atoms with van der Waals surface area (Å²) in [6.45, 7) is 3.74. The van der Waals surface area contributed by atoms with Gasteiger partial charge in [-0.3, -0.25) is 0 Å². The summed E-state index contributed by atoms with van der Waals surface area (Å²) < 4.78 is 10.9. The number of hydrogen-bond donors (Lipinski definition) is 0. The van der Waals surface area contributed by atoms with Crippen LogP contribution >= 0.6 is 0 Å². The van der Waals surface area contributed by atoms with E-state index in [1.165, 1.54) is 24.8 Å². The Morgan fingerprint density at radius 1 is 1.33 bits per heavy atom. The zero-order valence-electron chi connectivity index (χ0n) is 11.1. The summed E-state index contributed by atoms with van der Waals surface area (Å²) in [6.07, 6.45) is 9.48. The largest absolute Gasteiger partial charge is 0.490 e. The van der Waals surface area contributed by atoms with Gasteiger partial charge in [0.25, 0.3) is 0 Å². The lowest BCUT2D eigenvalue weighted by molar-refractivity contribution is 0.261. The molecule has 0 aromatic heterocycles. The van der Waals surface area contributed by atoms with Crippen molar-refractivity contribution in [2.24, 2.45) is 0 Å². The maximum absolute atomic E-state index is 5.78. The lowest BCUT2D eigenvalue weighted by Gasteiger charge is -2.08. The van der Waals surface area contributed by atoms with E-state index in [1.807, 2.05) is 12.1 Å². The van der Waals surface area contributed by atoms with Gasteiger partial charge < -0.3 is 9.47 Å². The van der Waals surface area contributed by atoms with Crippen LogP contribution in [0.1, 0.15) is 31.7 Å². The Balaban J connectivity index is 1.83. The first-order valence-electron chi connectivity index (χ1n) is 6.87. The first kappa shape index (κ1) is 13.2. The topological polar surface area (TPSA) is 21.8 Å². The molecule has 1 heterocycles. The van der Waals surface area contributed by atoms with E-state index in [1.54, 1.807) is 0 Å². The predicted octanol–water partition coefficient (Wildman–Crippen LogP) is 3.75. The number of epoxide rings is 1. The third-order valence-electron chi connectivity index (χ3n) is 3.03. The average Bonchev–Trinajstić information content (AvgIpc) is 3.21. The fourth-order valence-electron chi connectivity index (χ4n) is 1.81. The normalized spacial score (nSPS) is 18.2. The monoisotopic (exact) mass is 246 g/mol. The quantitative estimate of drug-likeness (QED) is 0.396. The molecular formula is C16H22O2.